The highest BCUT2D eigenvalue weighted by Gasteiger charge is 2.37. The summed E-state index contributed by atoms with van der Waals surface area (Å²) >= 11 is 0. The first kappa shape index (κ1) is 21.8. The standard InChI is InChI=1S/C24H27N7O4/c1-29-9-6-15-13-18-21(35-14-34-18)22(33-2)19(15)20(29)23-26-27-28-31(23)17-5-3-4-16(12-17)24(32)30-10-7-25-8-11-30/h3-5,12-13,20,25H,6-11,14H2,1-2H3/t20-/m0/s1. The van der Waals surface area contributed by atoms with E-state index in [1.165, 1.54) is 0 Å². The fourth-order valence-electron chi connectivity index (χ4n) is 5.13. The second-order valence-electron chi connectivity index (χ2n) is 8.89. The second-order valence-corrected chi connectivity index (χ2v) is 8.89. The van der Waals surface area contributed by atoms with Crippen molar-refractivity contribution < 1.29 is 19.0 Å². The summed E-state index contributed by atoms with van der Waals surface area (Å²) in [6, 6.07) is 9.23. The van der Waals surface area contributed by atoms with Crippen LogP contribution in [0.1, 0.15) is 33.4 Å². The van der Waals surface area contributed by atoms with Gasteiger partial charge in [-0.05, 0) is 53.7 Å². The van der Waals surface area contributed by atoms with Gasteiger partial charge >= 0.3 is 0 Å². The van der Waals surface area contributed by atoms with Gasteiger partial charge in [0.15, 0.2) is 17.3 Å². The molecule has 0 spiro atoms. The van der Waals surface area contributed by atoms with Crippen molar-refractivity contribution in [3.63, 3.8) is 0 Å². The molecule has 3 aliphatic heterocycles. The van der Waals surface area contributed by atoms with E-state index in [1.807, 2.05) is 42.3 Å². The number of nitrogens with zero attached hydrogens (tertiary/aromatic N) is 6. The van der Waals surface area contributed by atoms with E-state index >= 15 is 0 Å². The second kappa shape index (κ2) is 8.82. The van der Waals surface area contributed by atoms with Crippen molar-refractivity contribution >= 4 is 5.91 Å². The number of piperazine rings is 1. The summed E-state index contributed by atoms with van der Waals surface area (Å²) in [6.07, 6.45) is 0.839. The Morgan fingerprint density at radius 1 is 1.17 bits per heavy atom. The quantitative estimate of drug-likeness (QED) is 0.589. The van der Waals surface area contributed by atoms with Crippen LogP contribution in [0.4, 0.5) is 0 Å². The van der Waals surface area contributed by atoms with Crippen molar-refractivity contribution in [3.05, 3.63) is 52.8 Å². The Balaban J connectivity index is 1.41. The summed E-state index contributed by atoms with van der Waals surface area (Å²) in [6.45, 7) is 3.97. The Morgan fingerprint density at radius 2 is 2.03 bits per heavy atom. The maximum Gasteiger partial charge on any atom is 0.254 e. The van der Waals surface area contributed by atoms with Gasteiger partial charge in [-0.3, -0.25) is 9.69 Å². The number of amides is 1. The molecule has 1 N–H and O–H groups in total. The molecule has 4 heterocycles. The van der Waals surface area contributed by atoms with E-state index in [0.717, 1.165) is 42.9 Å². The molecule has 11 heteroatoms. The van der Waals surface area contributed by atoms with Crippen LogP contribution in [0.3, 0.4) is 0 Å². The Hall–Kier alpha value is -3.70. The summed E-state index contributed by atoms with van der Waals surface area (Å²) in [5.74, 6) is 2.59. The number of nitrogens with one attached hydrogen (secondary N) is 1. The average molecular weight is 478 g/mol. The molecule has 1 aromatic heterocycles. The third kappa shape index (κ3) is 3.67. The van der Waals surface area contributed by atoms with E-state index in [0.29, 0.717) is 41.7 Å². The number of carbonyl (C=O) groups excluding carboxylic acids is 1. The lowest BCUT2D eigenvalue weighted by Crippen LogP contribution is -2.46. The van der Waals surface area contributed by atoms with Crippen molar-refractivity contribution in [1.29, 1.82) is 0 Å². The summed E-state index contributed by atoms with van der Waals surface area (Å²) in [5, 5.41) is 16.0. The summed E-state index contributed by atoms with van der Waals surface area (Å²) in [5.41, 5.74) is 3.43. The van der Waals surface area contributed by atoms with Crippen LogP contribution in [0, 0.1) is 0 Å². The zero-order valence-corrected chi connectivity index (χ0v) is 19.7. The first-order valence-corrected chi connectivity index (χ1v) is 11.7. The molecular formula is C24H27N7O4. The van der Waals surface area contributed by atoms with Crippen LogP contribution in [-0.4, -0.2) is 89.6 Å². The zero-order chi connectivity index (χ0) is 23.9. The SMILES string of the molecule is COc1c2c(cc3c1[C@@H](c1nnnn1-c1cccc(C(=O)N4CCNCC4)c1)N(C)CC3)OCO2. The van der Waals surface area contributed by atoms with Crippen molar-refractivity contribution in [2.24, 2.45) is 0 Å². The molecule has 35 heavy (non-hydrogen) atoms. The minimum absolute atomic E-state index is 0.0116. The zero-order valence-electron chi connectivity index (χ0n) is 19.7. The van der Waals surface area contributed by atoms with Crippen LogP contribution in [0.15, 0.2) is 30.3 Å². The molecule has 2 aromatic carbocycles. The number of tetrazole rings is 1. The molecule has 3 aromatic rings. The third-order valence-electron chi connectivity index (χ3n) is 6.88. The van der Waals surface area contributed by atoms with E-state index in [2.05, 4.69) is 25.7 Å². The van der Waals surface area contributed by atoms with Crippen LogP contribution >= 0.6 is 0 Å². The molecule has 1 amide bonds. The van der Waals surface area contributed by atoms with Gasteiger partial charge in [0.1, 0.15) is 6.04 Å². The van der Waals surface area contributed by atoms with Crippen molar-refractivity contribution in [2.75, 3.05) is 53.7 Å². The number of fused-ring (bicyclic) bond motifs is 2. The van der Waals surface area contributed by atoms with E-state index in [4.69, 9.17) is 14.2 Å². The highest BCUT2D eigenvalue weighted by molar-refractivity contribution is 5.94. The molecule has 11 nitrogen and oxygen atoms in total. The van der Waals surface area contributed by atoms with Crippen LogP contribution in [0.5, 0.6) is 17.2 Å². The largest absolute Gasteiger partial charge is 0.492 e. The summed E-state index contributed by atoms with van der Waals surface area (Å²) in [4.78, 5) is 17.2. The Bertz CT molecular complexity index is 1270. The minimum atomic E-state index is -0.272. The van der Waals surface area contributed by atoms with Crippen LogP contribution in [0.25, 0.3) is 5.69 Å². The lowest BCUT2D eigenvalue weighted by molar-refractivity contribution is 0.0735. The van der Waals surface area contributed by atoms with E-state index in [-0.39, 0.29) is 18.7 Å². The number of hydrogen-bond acceptors (Lipinski definition) is 9. The first-order chi connectivity index (χ1) is 17.2. The Kier molecular flexibility index (Phi) is 5.50. The molecule has 0 radical (unpaired) electrons. The minimum Gasteiger partial charge on any atom is -0.492 e. The topological polar surface area (TPSA) is 107 Å². The number of rotatable bonds is 4. The number of carbonyl (C=O) groups is 1. The van der Waals surface area contributed by atoms with Gasteiger partial charge in [-0.15, -0.1) is 5.10 Å². The maximum absolute atomic E-state index is 13.1. The number of benzene rings is 2. The molecular weight excluding hydrogens is 450 g/mol. The van der Waals surface area contributed by atoms with E-state index in [9.17, 15) is 4.79 Å². The van der Waals surface area contributed by atoms with Gasteiger partial charge in [-0.25, -0.2) is 0 Å². The van der Waals surface area contributed by atoms with Crippen LogP contribution < -0.4 is 19.5 Å². The van der Waals surface area contributed by atoms with Crippen LogP contribution in [-0.2, 0) is 6.42 Å². The van der Waals surface area contributed by atoms with Gasteiger partial charge in [-0.1, -0.05) is 6.07 Å². The highest BCUT2D eigenvalue weighted by atomic mass is 16.7. The first-order valence-electron chi connectivity index (χ1n) is 11.7. The van der Waals surface area contributed by atoms with Gasteiger partial charge in [0.2, 0.25) is 12.5 Å². The molecule has 0 unspecified atom stereocenters. The predicted octanol–water partition coefficient (Wildman–Crippen LogP) is 1.02. The molecule has 1 fully saturated rings. The van der Waals surface area contributed by atoms with Gasteiger partial charge in [0.25, 0.3) is 5.91 Å². The number of hydrogen-bond donors (Lipinski definition) is 1. The molecule has 0 saturated carbocycles. The molecule has 1 atom stereocenters. The molecule has 3 aliphatic rings. The van der Waals surface area contributed by atoms with E-state index in [1.54, 1.807) is 11.8 Å². The highest BCUT2D eigenvalue weighted by Crippen LogP contribution is 2.50. The molecule has 182 valence electrons. The number of aromatic nitrogens is 4. The summed E-state index contributed by atoms with van der Waals surface area (Å²) < 4.78 is 18.9. The van der Waals surface area contributed by atoms with Gasteiger partial charge in [0, 0.05) is 43.9 Å². The number of methoxy groups -OCH3 is 1. The molecule has 0 aliphatic carbocycles. The molecule has 0 bridgehead atoms. The smallest absolute Gasteiger partial charge is 0.254 e. The Labute approximate surface area is 202 Å². The van der Waals surface area contributed by atoms with Gasteiger partial charge in [0.05, 0.1) is 12.8 Å². The monoisotopic (exact) mass is 477 g/mol. The number of ether oxygens (including phenoxy) is 3. The van der Waals surface area contributed by atoms with Crippen molar-refractivity contribution in [2.45, 2.75) is 12.5 Å². The van der Waals surface area contributed by atoms with Crippen molar-refractivity contribution in [3.8, 4) is 22.9 Å². The molecule has 1 saturated heterocycles. The lowest BCUT2D eigenvalue weighted by Gasteiger charge is -2.34. The lowest BCUT2D eigenvalue weighted by atomic mass is 9.90. The fraction of sp³-hybridized carbons (Fsp3) is 0.417. The Morgan fingerprint density at radius 3 is 2.86 bits per heavy atom. The van der Waals surface area contributed by atoms with Crippen LogP contribution in [0.2, 0.25) is 0 Å². The average Bonchev–Trinajstić information content (AvgIpc) is 3.57. The van der Waals surface area contributed by atoms with Crippen molar-refractivity contribution in [1.82, 2.24) is 35.3 Å². The predicted molar refractivity (Wildman–Crippen MR) is 125 cm³/mol. The van der Waals surface area contributed by atoms with E-state index < -0.39 is 0 Å². The van der Waals surface area contributed by atoms with Gasteiger partial charge in [-0.2, -0.15) is 4.68 Å². The maximum atomic E-state index is 13.1. The summed E-state index contributed by atoms with van der Waals surface area (Å²) in [7, 11) is 3.68. The number of likely N-dealkylation sites (N-methyl/N-ethyl adjacent to an activating group) is 1. The van der Waals surface area contributed by atoms with Gasteiger partial charge < -0.3 is 24.4 Å². The molecule has 6 rings (SSSR count). The fourth-order valence-corrected chi connectivity index (χ4v) is 5.13. The normalized spacial score (nSPS) is 19.5. The third-order valence-corrected chi connectivity index (χ3v) is 6.88.